The first kappa shape index (κ1) is 18.7. The molecule has 148 valence electrons. The molecule has 5 rings (SSSR count). The van der Waals surface area contributed by atoms with Crippen molar-refractivity contribution in [2.45, 2.75) is 18.6 Å². The highest BCUT2D eigenvalue weighted by molar-refractivity contribution is 7.09. The molecule has 1 aliphatic rings. The second-order valence-electron chi connectivity index (χ2n) is 7.47. The molecular formula is C25H19NO3S. The fourth-order valence-electron chi connectivity index (χ4n) is 4.19. The first-order valence-corrected chi connectivity index (χ1v) is 10.6. The Morgan fingerprint density at radius 3 is 2.53 bits per heavy atom. The largest absolute Gasteiger partial charge is 0.375 e. The summed E-state index contributed by atoms with van der Waals surface area (Å²) in [6.45, 7) is 0.373. The molecule has 1 N–H and O–H groups in total. The van der Waals surface area contributed by atoms with Gasteiger partial charge in [-0.15, -0.1) is 11.3 Å². The van der Waals surface area contributed by atoms with E-state index < -0.39 is 11.5 Å². The van der Waals surface area contributed by atoms with E-state index in [1.165, 1.54) is 0 Å². The van der Waals surface area contributed by atoms with Crippen molar-refractivity contribution in [1.29, 1.82) is 0 Å². The number of carbonyl (C=O) groups excluding carboxylic acids is 2. The van der Waals surface area contributed by atoms with E-state index in [1.54, 1.807) is 34.4 Å². The molecule has 1 aliphatic heterocycles. The van der Waals surface area contributed by atoms with Crippen molar-refractivity contribution in [3.63, 3.8) is 0 Å². The van der Waals surface area contributed by atoms with Crippen molar-refractivity contribution in [2.75, 3.05) is 4.90 Å². The number of carbonyl (C=O) groups is 2. The molecule has 0 saturated heterocycles. The number of amides is 1. The number of aliphatic hydroxyl groups is 1. The van der Waals surface area contributed by atoms with Crippen LogP contribution >= 0.6 is 11.3 Å². The number of para-hydroxylation sites is 1. The van der Waals surface area contributed by atoms with E-state index in [9.17, 15) is 14.7 Å². The van der Waals surface area contributed by atoms with E-state index in [2.05, 4.69) is 0 Å². The summed E-state index contributed by atoms with van der Waals surface area (Å²) >= 11 is 1.56. The Bertz CT molecular complexity index is 1260. The smallest absolute Gasteiger partial charge is 0.264 e. The zero-order valence-corrected chi connectivity index (χ0v) is 16.9. The second-order valence-corrected chi connectivity index (χ2v) is 8.51. The number of hydrogen-bond donors (Lipinski definition) is 1. The van der Waals surface area contributed by atoms with Crippen LogP contribution in [0.3, 0.4) is 0 Å². The van der Waals surface area contributed by atoms with Gasteiger partial charge in [0.1, 0.15) is 0 Å². The number of thiophene rings is 1. The van der Waals surface area contributed by atoms with E-state index in [0.29, 0.717) is 23.4 Å². The number of Topliss-reactive ketones (excluding diaryl/α,β-unsaturated/α-hetero) is 1. The van der Waals surface area contributed by atoms with Crippen molar-refractivity contribution >= 4 is 39.5 Å². The molecule has 4 nitrogen and oxygen atoms in total. The van der Waals surface area contributed by atoms with Gasteiger partial charge in [0.25, 0.3) is 5.91 Å². The van der Waals surface area contributed by atoms with Crippen molar-refractivity contribution in [3.8, 4) is 0 Å². The van der Waals surface area contributed by atoms with Crippen LogP contribution in [0.15, 0.2) is 84.2 Å². The molecule has 1 atom stereocenters. The molecule has 5 heteroatoms. The van der Waals surface area contributed by atoms with E-state index in [0.717, 1.165) is 15.6 Å². The van der Waals surface area contributed by atoms with Crippen LogP contribution in [0.1, 0.15) is 27.2 Å². The van der Waals surface area contributed by atoms with Gasteiger partial charge in [0, 0.05) is 16.0 Å². The highest BCUT2D eigenvalue weighted by atomic mass is 32.1. The summed E-state index contributed by atoms with van der Waals surface area (Å²) in [4.78, 5) is 29.2. The quantitative estimate of drug-likeness (QED) is 0.473. The Morgan fingerprint density at radius 1 is 0.933 bits per heavy atom. The maximum atomic E-state index is 13.4. The van der Waals surface area contributed by atoms with Gasteiger partial charge in [-0.3, -0.25) is 9.59 Å². The molecule has 2 heterocycles. The highest BCUT2D eigenvalue weighted by Crippen LogP contribution is 2.44. The van der Waals surface area contributed by atoms with E-state index in [1.807, 2.05) is 66.0 Å². The maximum Gasteiger partial charge on any atom is 0.264 e. The van der Waals surface area contributed by atoms with Crippen LogP contribution in [-0.4, -0.2) is 16.8 Å². The number of nitrogens with zero attached hydrogens (tertiary/aromatic N) is 1. The second kappa shape index (κ2) is 7.20. The average Bonchev–Trinajstić information content (AvgIpc) is 3.36. The standard InChI is InChI=1S/C25H19NO3S/c27-23(20-11-5-8-17-7-1-2-10-19(17)20)15-25(29)21-12-3-4-13-22(21)26(24(25)28)16-18-9-6-14-30-18/h1-14,29H,15-16H2/t25-/m0/s1. The van der Waals surface area contributed by atoms with Gasteiger partial charge in [-0.2, -0.15) is 0 Å². The van der Waals surface area contributed by atoms with Crippen LogP contribution in [0.2, 0.25) is 0 Å². The Balaban J connectivity index is 1.53. The number of hydrogen-bond acceptors (Lipinski definition) is 4. The molecule has 0 aliphatic carbocycles. The predicted molar refractivity (Wildman–Crippen MR) is 119 cm³/mol. The molecule has 1 amide bonds. The Labute approximate surface area is 178 Å². The van der Waals surface area contributed by atoms with Crippen LogP contribution in [-0.2, 0) is 16.9 Å². The van der Waals surface area contributed by atoms with E-state index >= 15 is 0 Å². The molecule has 0 fully saturated rings. The molecule has 0 saturated carbocycles. The lowest BCUT2D eigenvalue weighted by Crippen LogP contribution is -2.41. The van der Waals surface area contributed by atoms with Gasteiger partial charge in [0.2, 0.25) is 0 Å². The lowest BCUT2D eigenvalue weighted by Gasteiger charge is -2.23. The molecular weight excluding hydrogens is 394 g/mol. The number of anilines is 1. The fourth-order valence-corrected chi connectivity index (χ4v) is 4.88. The summed E-state index contributed by atoms with van der Waals surface area (Å²) in [5.41, 5.74) is -0.213. The number of benzene rings is 3. The molecule has 0 unspecified atom stereocenters. The van der Waals surface area contributed by atoms with Gasteiger partial charge in [0.15, 0.2) is 11.4 Å². The Hall–Kier alpha value is -3.28. The Kier molecular flexibility index (Phi) is 4.50. The van der Waals surface area contributed by atoms with Crippen LogP contribution in [0.25, 0.3) is 10.8 Å². The van der Waals surface area contributed by atoms with Gasteiger partial charge in [0.05, 0.1) is 18.7 Å². The summed E-state index contributed by atoms with van der Waals surface area (Å²) in [6.07, 6.45) is -0.294. The third-order valence-corrected chi connectivity index (χ3v) is 6.50. The first-order valence-electron chi connectivity index (χ1n) is 9.75. The average molecular weight is 413 g/mol. The molecule has 3 aromatic carbocycles. The first-order chi connectivity index (χ1) is 14.6. The molecule has 0 radical (unpaired) electrons. The topological polar surface area (TPSA) is 57.6 Å². The zero-order valence-electron chi connectivity index (χ0n) is 16.1. The minimum absolute atomic E-state index is 0.254. The van der Waals surface area contributed by atoms with E-state index in [-0.39, 0.29) is 12.2 Å². The predicted octanol–water partition coefficient (Wildman–Crippen LogP) is 4.91. The third-order valence-electron chi connectivity index (χ3n) is 5.64. The minimum atomic E-state index is -1.87. The molecule has 4 aromatic rings. The minimum Gasteiger partial charge on any atom is -0.375 e. The fraction of sp³-hybridized carbons (Fsp3) is 0.120. The van der Waals surface area contributed by atoms with Gasteiger partial charge >= 0.3 is 0 Å². The lowest BCUT2D eigenvalue weighted by atomic mass is 9.87. The van der Waals surface area contributed by atoms with Crippen molar-refractivity contribution in [2.24, 2.45) is 0 Å². The van der Waals surface area contributed by atoms with Crippen molar-refractivity contribution < 1.29 is 14.7 Å². The SMILES string of the molecule is O=C(C[C@@]1(O)C(=O)N(Cc2cccs2)c2ccccc21)c1cccc2ccccc12. The van der Waals surface area contributed by atoms with Crippen LogP contribution in [0, 0.1) is 0 Å². The summed E-state index contributed by atoms with van der Waals surface area (Å²) in [5.74, 6) is -0.707. The van der Waals surface area contributed by atoms with Crippen molar-refractivity contribution in [3.05, 3.63) is 100 Å². The van der Waals surface area contributed by atoms with Gasteiger partial charge in [-0.05, 0) is 28.3 Å². The summed E-state index contributed by atoms with van der Waals surface area (Å²) < 4.78 is 0. The Morgan fingerprint density at radius 2 is 1.70 bits per heavy atom. The summed E-state index contributed by atoms with van der Waals surface area (Å²) in [6, 6.07) is 24.2. The van der Waals surface area contributed by atoms with Gasteiger partial charge < -0.3 is 10.0 Å². The normalized spacial score (nSPS) is 18.0. The molecule has 1 aromatic heterocycles. The zero-order chi connectivity index (χ0) is 20.7. The van der Waals surface area contributed by atoms with Crippen molar-refractivity contribution in [1.82, 2.24) is 0 Å². The van der Waals surface area contributed by atoms with Crippen LogP contribution in [0.4, 0.5) is 5.69 Å². The van der Waals surface area contributed by atoms with Gasteiger partial charge in [-0.1, -0.05) is 66.7 Å². The molecule has 0 spiro atoms. The lowest BCUT2D eigenvalue weighted by molar-refractivity contribution is -0.136. The van der Waals surface area contributed by atoms with Gasteiger partial charge in [-0.25, -0.2) is 0 Å². The summed E-state index contributed by atoms with van der Waals surface area (Å²) in [5, 5.41) is 15.2. The number of rotatable bonds is 5. The summed E-state index contributed by atoms with van der Waals surface area (Å²) in [7, 11) is 0. The van der Waals surface area contributed by atoms with Crippen LogP contribution in [0.5, 0.6) is 0 Å². The molecule has 30 heavy (non-hydrogen) atoms. The number of ketones is 1. The van der Waals surface area contributed by atoms with E-state index in [4.69, 9.17) is 0 Å². The molecule has 0 bridgehead atoms. The number of fused-ring (bicyclic) bond motifs is 2. The maximum absolute atomic E-state index is 13.4. The monoisotopic (exact) mass is 413 g/mol. The highest BCUT2D eigenvalue weighted by Gasteiger charge is 2.50. The van der Waals surface area contributed by atoms with Crippen LogP contribution < -0.4 is 4.90 Å². The third kappa shape index (κ3) is 2.95.